The summed E-state index contributed by atoms with van der Waals surface area (Å²) in [5, 5.41) is 14.4. The zero-order valence-corrected chi connectivity index (χ0v) is 22.0. The van der Waals surface area contributed by atoms with E-state index in [2.05, 4.69) is 27.9 Å². The predicted octanol–water partition coefficient (Wildman–Crippen LogP) is 2.70. The van der Waals surface area contributed by atoms with Crippen LogP contribution in [-0.2, 0) is 21.3 Å². The van der Waals surface area contributed by atoms with Gasteiger partial charge in [0.05, 0.1) is 4.90 Å². The highest BCUT2D eigenvalue weighted by atomic mass is 127. The highest BCUT2D eigenvalue weighted by molar-refractivity contribution is 14.0. The predicted molar refractivity (Wildman–Crippen MR) is 134 cm³/mol. The Hall–Kier alpha value is -1.60. The number of ether oxygens (including phenoxy) is 1. The Morgan fingerprint density at radius 2 is 1.81 bits per heavy atom. The molecular weight excluding hydrogens is 533 g/mol. The molecule has 0 saturated carbocycles. The summed E-state index contributed by atoms with van der Waals surface area (Å²) in [6.45, 7) is 8.42. The van der Waals surface area contributed by atoms with Crippen molar-refractivity contribution >= 4 is 46.1 Å². The van der Waals surface area contributed by atoms with Crippen molar-refractivity contribution in [2.24, 2.45) is 10.1 Å². The third kappa shape index (κ3) is 12.8. The number of primary sulfonamides is 1. The molecule has 1 rings (SSSR count). The van der Waals surface area contributed by atoms with Crippen LogP contribution >= 0.6 is 24.0 Å². The third-order valence-corrected chi connectivity index (χ3v) is 5.00. The molecule has 0 aromatic heterocycles. The summed E-state index contributed by atoms with van der Waals surface area (Å²) >= 11 is 0. The first kappa shape index (κ1) is 29.4. The molecule has 1 unspecified atom stereocenters. The molecule has 0 aliphatic rings. The van der Waals surface area contributed by atoms with Gasteiger partial charge in [-0.1, -0.05) is 31.9 Å². The monoisotopic (exact) mass is 569 g/mol. The summed E-state index contributed by atoms with van der Waals surface area (Å²) < 4.78 is 28.0. The lowest BCUT2D eigenvalue weighted by molar-refractivity contribution is 0.0522. The van der Waals surface area contributed by atoms with Crippen LogP contribution in [-0.4, -0.2) is 45.7 Å². The van der Waals surface area contributed by atoms with Crippen LogP contribution in [0.1, 0.15) is 52.5 Å². The Bertz CT molecular complexity index is 808. The number of carbonyl (C=O) groups is 1. The summed E-state index contributed by atoms with van der Waals surface area (Å²) in [5.41, 5.74) is 0.328. The molecule has 0 heterocycles. The van der Waals surface area contributed by atoms with Crippen molar-refractivity contribution in [1.29, 1.82) is 0 Å². The maximum atomic E-state index is 11.9. The largest absolute Gasteiger partial charge is 0.444 e. The van der Waals surface area contributed by atoms with Gasteiger partial charge in [0, 0.05) is 26.2 Å². The van der Waals surface area contributed by atoms with Crippen molar-refractivity contribution in [1.82, 2.24) is 16.0 Å². The van der Waals surface area contributed by atoms with E-state index in [4.69, 9.17) is 9.88 Å². The first-order chi connectivity index (χ1) is 13.9. The van der Waals surface area contributed by atoms with E-state index < -0.39 is 21.7 Å². The molecule has 31 heavy (non-hydrogen) atoms. The number of carbonyl (C=O) groups excluding carboxylic acids is 1. The van der Waals surface area contributed by atoms with Gasteiger partial charge in [0.15, 0.2) is 5.96 Å². The van der Waals surface area contributed by atoms with Gasteiger partial charge in [-0.3, -0.25) is 4.99 Å². The fourth-order valence-corrected chi connectivity index (χ4v) is 3.08. The van der Waals surface area contributed by atoms with Crippen molar-refractivity contribution in [3.05, 3.63) is 29.8 Å². The van der Waals surface area contributed by atoms with E-state index in [-0.39, 0.29) is 34.9 Å². The number of sulfonamides is 1. The molecule has 1 atom stereocenters. The number of halogens is 1. The fraction of sp³-hybridized carbons (Fsp3) is 0.600. The van der Waals surface area contributed by atoms with E-state index in [0.717, 1.165) is 24.8 Å². The summed E-state index contributed by atoms with van der Waals surface area (Å²) in [6, 6.07) is 6.31. The highest BCUT2D eigenvalue weighted by Gasteiger charge is 2.18. The number of nitrogens with one attached hydrogen (secondary N) is 3. The van der Waals surface area contributed by atoms with Crippen molar-refractivity contribution in [3.8, 4) is 0 Å². The maximum Gasteiger partial charge on any atom is 0.407 e. The molecule has 0 saturated heterocycles. The van der Waals surface area contributed by atoms with Crippen LogP contribution in [0.4, 0.5) is 4.79 Å². The quantitative estimate of drug-likeness (QED) is 0.205. The zero-order valence-electron chi connectivity index (χ0n) is 18.9. The second-order valence-electron chi connectivity index (χ2n) is 7.98. The molecule has 0 aliphatic carbocycles. The molecule has 1 amide bonds. The van der Waals surface area contributed by atoms with Gasteiger partial charge in [-0.15, -0.1) is 24.0 Å². The number of nitrogens with two attached hydrogens (primary N) is 1. The third-order valence-electron chi connectivity index (χ3n) is 4.07. The van der Waals surface area contributed by atoms with Crippen molar-refractivity contribution in [3.63, 3.8) is 0 Å². The second kappa shape index (κ2) is 13.7. The molecule has 0 bridgehead atoms. The van der Waals surface area contributed by atoms with Crippen LogP contribution in [0.15, 0.2) is 34.2 Å². The number of guanidine groups is 1. The maximum absolute atomic E-state index is 11.9. The van der Waals surface area contributed by atoms with E-state index in [1.54, 1.807) is 19.2 Å². The normalized spacial score (nSPS) is 13.0. The molecule has 9 nitrogen and oxygen atoms in total. The summed E-state index contributed by atoms with van der Waals surface area (Å²) in [5.74, 6) is 0.581. The van der Waals surface area contributed by atoms with Gasteiger partial charge in [-0.2, -0.15) is 0 Å². The molecule has 11 heteroatoms. The van der Waals surface area contributed by atoms with E-state index >= 15 is 0 Å². The number of benzene rings is 1. The number of amides is 1. The van der Waals surface area contributed by atoms with Gasteiger partial charge in [-0.25, -0.2) is 18.4 Å². The Morgan fingerprint density at radius 1 is 1.19 bits per heavy atom. The molecular formula is C20H36IN5O4S. The number of nitrogens with zero attached hydrogens (tertiary/aromatic N) is 1. The van der Waals surface area contributed by atoms with Crippen LogP contribution in [0.25, 0.3) is 0 Å². The first-order valence-electron chi connectivity index (χ1n) is 10.0. The van der Waals surface area contributed by atoms with E-state index in [1.807, 2.05) is 20.8 Å². The van der Waals surface area contributed by atoms with Crippen molar-refractivity contribution in [2.75, 3.05) is 13.6 Å². The fourth-order valence-electron chi connectivity index (χ4n) is 2.57. The van der Waals surface area contributed by atoms with Gasteiger partial charge in [0.2, 0.25) is 10.0 Å². The average Bonchev–Trinajstić information content (AvgIpc) is 2.65. The molecule has 0 radical (unpaired) electrons. The van der Waals surface area contributed by atoms with E-state index in [1.165, 1.54) is 12.1 Å². The SMILES string of the molecule is CCCCC(CNC(=O)OC(C)(C)C)NC(=NC)NCc1ccc(S(N)(=O)=O)cc1.I. The number of aliphatic imine (C=N–C) groups is 1. The van der Waals surface area contributed by atoms with E-state index in [0.29, 0.717) is 19.0 Å². The van der Waals surface area contributed by atoms with E-state index in [9.17, 15) is 13.2 Å². The Kier molecular flexibility index (Phi) is 13.0. The molecule has 0 aliphatic heterocycles. The molecule has 1 aromatic carbocycles. The lowest BCUT2D eigenvalue weighted by Gasteiger charge is -2.24. The molecule has 1 aromatic rings. The number of hydrogen-bond acceptors (Lipinski definition) is 5. The van der Waals surface area contributed by atoms with Gasteiger partial charge < -0.3 is 20.7 Å². The van der Waals surface area contributed by atoms with Crippen LogP contribution < -0.4 is 21.1 Å². The average molecular weight is 570 g/mol. The minimum absolute atomic E-state index is 0. The summed E-state index contributed by atoms with van der Waals surface area (Å²) in [6.07, 6.45) is 2.44. The van der Waals surface area contributed by atoms with Crippen LogP contribution in [0.5, 0.6) is 0 Å². The smallest absolute Gasteiger partial charge is 0.407 e. The Balaban J connectivity index is 0.00000900. The van der Waals surface area contributed by atoms with Gasteiger partial charge in [-0.05, 0) is 44.9 Å². The number of alkyl carbamates (subject to hydrolysis) is 1. The lowest BCUT2D eigenvalue weighted by atomic mass is 10.1. The highest BCUT2D eigenvalue weighted by Crippen LogP contribution is 2.09. The Morgan fingerprint density at radius 3 is 2.29 bits per heavy atom. The number of unbranched alkanes of at least 4 members (excludes halogenated alkanes) is 1. The first-order valence-corrected chi connectivity index (χ1v) is 11.5. The molecule has 0 spiro atoms. The van der Waals surface area contributed by atoms with Gasteiger partial charge >= 0.3 is 6.09 Å². The van der Waals surface area contributed by atoms with Gasteiger partial charge in [0.25, 0.3) is 0 Å². The van der Waals surface area contributed by atoms with Gasteiger partial charge in [0.1, 0.15) is 5.60 Å². The van der Waals surface area contributed by atoms with Crippen molar-refractivity contribution in [2.45, 2.75) is 70.0 Å². The molecule has 5 N–H and O–H groups in total. The zero-order chi connectivity index (χ0) is 22.8. The topological polar surface area (TPSA) is 135 Å². The summed E-state index contributed by atoms with van der Waals surface area (Å²) in [7, 11) is -2.04. The van der Waals surface area contributed by atoms with Crippen LogP contribution in [0, 0.1) is 0 Å². The van der Waals surface area contributed by atoms with Crippen LogP contribution in [0.2, 0.25) is 0 Å². The van der Waals surface area contributed by atoms with Crippen molar-refractivity contribution < 1.29 is 17.9 Å². The molecule has 0 fully saturated rings. The minimum atomic E-state index is -3.71. The number of rotatable bonds is 9. The van der Waals surface area contributed by atoms with Crippen LogP contribution in [0.3, 0.4) is 0 Å². The summed E-state index contributed by atoms with van der Waals surface area (Å²) in [4.78, 5) is 16.2. The Labute approximate surface area is 203 Å². The number of hydrogen-bond donors (Lipinski definition) is 4. The lowest BCUT2D eigenvalue weighted by Crippen LogP contribution is -2.48. The second-order valence-corrected chi connectivity index (χ2v) is 9.54. The standard InChI is InChI=1S/C20H35N5O4S.HI/c1-6-7-8-16(14-24-19(26)29-20(2,3)4)25-18(22-5)23-13-15-9-11-17(12-10-15)30(21,27)28;/h9-12,16H,6-8,13-14H2,1-5H3,(H,24,26)(H2,21,27,28)(H2,22,23,25);1H. The minimum Gasteiger partial charge on any atom is -0.444 e. The molecule has 178 valence electrons.